The van der Waals surface area contributed by atoms with Gasteiger partial charge >= 0.3 is 0 Å². The van der Waals surface area contributed by atoms with E-state index >= 15 is 0 Å². The minimum atomic E-state index is -0.536. The van der Waals surface area contributed by atoms with E-state index < -0.39 is 5.41 Å². The van der Waals surface area contributed by atoms with Crippen LogP contribution in [0, 0.1) is 19.3 Å². The average molecular weight is 443 g/mol. The third-order valence-electron chi connectivity index (χ3n) is 4.85. The van der Waals surface area contributed by atoms with E-state index in [0.29, 0.717) is 21.3 Å². The standard InChI is InChI=1S/C24H24Cl2N2O2/c1-14-6-8-16(9-7-14)23-15(2)22(20(29)13-21(30)24(3,4)5)27-28(23)19-11-10-17(25)12-18(19)26/h6-13,30H,1-5H3/b21-13-. The third-order valence-corrected chi connectivity index (χ3v) is 5.39. The van der Waals surface area contributed by atoms with Crippen molar-refractivity contribution in [1.82, 2.24) is 9.78 Å². The molecule has 2 aromatic carbocycles. The minimum Gasteiger partial charge on any atom is -0.512 e. The molecule has 1 N–H and O–H groups in total. The van der Waals surface area contributed by atoms with E-state index in [0.717, 1.165) is 16.8 Å². The minimum absolute atomic E-state index is 0.00265. The highest BCUT2D eigenvalue weighted by atomic mass is 35.5. The second kappa shape index (κ2) is 8.29. The Bertz CT molecular complexity index is 1140. The van der Waals surface area contributed by atoms with Crippen LogP contribution >= 0.6 is 23.2 Å². The van der Waals surface area contributed by atoms with Crippen molar-refractivity contribution < 1.29 is 9.90 Å². The molecule has 0 saturated carbocycles. The second-order valence-corrected chi connectivity index (χ2v) is 9.18. The summed E-state index contributed by atoms with van der Waals surface area (Å²) in [6.45, 7) is 9.37. The van der Waals surface area contributed by atoms with Crippen LogP contribution in [0.4, 0.5) is 0 Å². The Labute approximate surface area is 186 Å². The summed E-state index contributed by atoms with van der Waals surface area (Å²) in [7, 11) is 0. The number of aryl methyl sites for hydroxylation is 1. The molecule has 156 valence electrons. The highest BCUT2D eigenvalue weighted by Crippen LogP contribution is 2.33. The van der Waals surface area contributed by atoms with Crippen LogP contribution in [-0.4, -0.2) is 20.7 Å². The van der Waals surface area contributed by atoms with Gasteiger partial charge in [-0.15, -0.1) is 0 Å². The fourth-order valence-electron chi connectivity index (χ4n) is 3.02. The summed E-state index contributed by atoms with van der Waals surface area (Å²) in [5.41, 5.74) is 3.82. The molecule has 0 amide bonds. The number of hydrogen-bond donors (Lipinski definition) is 1. The van der Waals surface area contributed by atoms with E-state index in [1.54, 1.807) is 22.9 Å². The number of aliphatic hydroxyl groups excluding tert-OH is 1. The highest BCUT2D eigenvalue weighted by Gasteiger charge is 2.24. The summed E-state index contributed by atoms with van der Waals surface area (Å²) in [6, 6.07) is 13.1. The third kappa shape index (κ3) is 4.45. The van der Waals surface area contributed by atoms with Gasteiger partial charge in [0, 0.05) is 27.6 Å². The van der Waals surface area contributed by atoms with Crippen LogP contribution in [0.2, 0.25) is 10.0 Å². The lowest BCUT2D eigenvalue weighted by molar-refractivity contribution is 0.103. The molecule has 0 aliphatic carbocycles. The number of carbonyl (C=O) groups excluding carboxylic acids is 1. The number of nitrogens with zero attached hydrogens (tertiary/aromatic N) is 2. The Morgan fingerprint density at radius 3 is 2.27 bits per heavy atom. The van der Waals surface area contributed by atoms with E-state index in [2.05, 4.69) is 5.10 Å². The molecule has 30 heavy (non-hydrogen) atoms. The largest absolute Gasteiger partial charge is 0.512 e. The Hall–Kier alpha value is -2.56. The van der Waals surface area contributed by atoms with Crippen molar-refractivity contribution >= 4 is 29.0 Å². The molecule has 3 aromatic rings. The van der Waals surface area contributed by atoms with Gasteiger partial charge in [-0.3, -0.25) is 4.79 Å². The number of aromatic nitrogens is 2. The number of rotatable bonds is 4. The molecule has 3 rings (SSSR count). The van der Waals surface area contributed by atoms with Crippen molar-refractivity contribution in [2.75, 3.05) is 0 Å². The normalized spacial score (nSPS) is 12.3. The summed E-state index contributed by atoms with van der Waals surface area (Å²) in [6.07, 6.45) is 1.24. The summed E-state index contributed by atoms with van der Waals surface area (Å²) >= 11 is 12.5. The average Bonchev–Trinajstić information content (AvgIpc) is 2.98. The molecule has 0 saturated heterocycles. The van der Waals surface area contributed by atoms with Crippen LogP contribution in [-0.2, 0) is 0 Å². The molecule has 0 spiro atoms. The Balaban J connectivity index is 2.24. The summed E-state index contributed by atoms with van der Waals surface area (Å²) < 4.78 is 1.66. The van der Waals surface area contributed by atoms with Crippen molar-refractivity contribution in [3.05, 3.63) is 81.2 Å². The number of halogens is 2. The van der Waals surface area contributed by atoms with E-state index in [1.807, 2.05) is 58.9 Å². The van der Waals surface area contributed by atoms with Gasteiger partial charge in [0.25, 0.3) is 0 Å². The highest BCUT2D eigenvalue weighted by molar-refractivity contribution is 6.35. The Kier molecular flexibility index (Phi) is 6.11. The molecule has 0 radical (unpaired) electrons. The fraction of sp³-hybridized carbons (Fsp3) is 0.250. The number of carbonyl (C=O) groups is 1. The Morgan fingerprint density at radius 2 is 1.70 bits per heavy atom. The molecule has 6 heteroatoms. The maximum atomic E-state index is 13.0. The summed E-state index contributed by atoms with van der Waals surface area (Å²) in [5.74, 6) is -0.361. The number of ketones is 1. The lowest BCUT2D eigenvalue weighted by atomic mass is 9.92. The van der Waals surface area contributed by atoms with Gasteiger partial charge in [0.1, 0.15) is 11.5 Å². The van der Waals surface area contributed by atoms with Gasteiger partial charge in [0.2, 0.25) is 5.78 Å². The quantitative estimate of drug-likeness (QED) is 0.265. The molecule has 0 aliphatic rings. The molecule has 1 heterocycles. The Morgan fingerprint density at radius 1 is 1.07 bits per heavy atom. The molecule has 4 nitrogen and oxygen atoms in total. The number of benzene rings is 2. The fourth-order valence-corrected chi connectivity index (χ4v) is 3.51. The predicted octanol–water partition coefficient (Wildman–Crippen LogP) is 7.13. The molecule has 0 fully saturated rings. The lowest BCUT2D eigenvalue weighted by Gasteiger charge is -2.16. The molecule has 0 unspecified atom stereocenters. The first kappa shape index (κ1) is 22.1. The van der Waals surface area contributed by atoms with Crippen molar-refractivity contribution in [3.8, 4) is 16.9 Å². The number of aliphatic hydroxyl groups is 1. The van der Waals surface area contributed by atoms with Gasteiger partial charge in [-0.25, -0.2) is 4.68 Å². The zero-order valence-electron chi connectivity index (χ0n) is 17.6. The van der Waals surface area contributed by atoms with Crippen LogP contribution < -0.4 is 0 Å². The second-order valence-electron chi connectivity index (χ2n) is 8.34. The zero-order chi connectivity index (χ0) is 22.2. The van der Waals surface area contributed by atoms with E-state index in [1.165, 1.54) is 6.08 Å². The van der Waals surface area contributed by atoms with Gasteiger partial charge in [0.05, 0.1) is 16.4 Å². The van der Waals surface area contributed by atoms with Gasteiger partial charge in [0.15, 0.2) is 0 Å². The lowest BCUT2D eigenvalue weighted by Crippen LogP contribution is -2.11. The first-order chi connectivity index (χ1) is 14.0. The van der Waals surface area contributed by atoms with Gasteiger partial charge in [-0.1, -0.05) is 73.8 Å². The van der Waals surface area contributed by atoms with Crippen LogP contribution in [0.5, 0.6) is 0 Å². The van der Waals surface area contributed by atoms with E-state index in [9.17, 15) is 9.90 Å². The molecule has 0 atom stereocenters. The number of hydrogen-bond acceptors (Lipinski definition) is 3. The topological polar surface area (TPSA) is 55.1 Å². The molecule has 1 aromatic heterocycles. The van der Waals surface area contributed by atoms with Crippen molar-refractivity contribution in [1.29, 1.82) is 0 Å². The molecule has 0 aliphatic heterocycles. The molecule has 0 bridgehead atoms. The summed E-state index contributed by atoms with van der Waals surface area (Å²) in [5, 5.41) is 15.8. The zero-order valence-corrected chi connectivity index (χ0v) is 19.1. The summed E-state index contributed by atoms with van der Waals surface area (Å²) in [4.78, 5) is 13.0. The SMILES string of the molecule is Cc1ccc(-c2c(C)c(C(=O)/C=C(\O)C(C)(C)C)nn2-c2ccc(Cl)cc2Cl)cc1. The van der Waals surface area contributed by atoms with Crippen molar-refractivity contribution in [3.63, 3.8) is 0 Å². The van der Waals surface area contributed by atoms with Gasteiger partial charge in [-0.2, -0.15) is 5.10 Å². The van der Waals surface area contributed by atoms with Crippen LogP contribution in [0.3, 0.4) is 0 Å². The smallest absolute Gasteiger partial charge is 0.209 e. The van der Waals surface area contributed by atoms with Crippen molar-refractivity contribution in [2.24, 2.45) is 5.41 Å². The number of allylic oxidation sites excluding steroid dienone is 2. The van der Waals surface area contributed by atoms with Gasteiger partial charge in [-0.05, 0) is 32.0 Å². The van der Waals surface area contributed by atoms with E-state index in [-0.39, 0.29) is 17.2 Å². The molecular weight excluding hydrogens is 419 g/mol. The van der Waals surface area contributed by atoms with Crippen LogP contribution in [0.15, 0.2) is 54.3 Å². The van der Waals surface area contributed by atoms with Crippen LogP contribution in [0.1, 0.15) is 42.4 Å². The maximum absolute atomic E-state index is 13.0. The first-order valence-electron chi connectivity index (χ1n) is 9.56. The van der Waals surface area contributed by atoms with Gasteiger partial charge < -0.3 is 5.11 Å². The van der Waals surface area contributed by atoms with Crippen molar-refractivity contribution in [2.45, 2.75) is 34.6 Å². The van der Waals surface area contributed by atoms with Crippen LogP contribution in [0.25, 0.3) is 16.9 Å². The maximum Gasteiger partial charge on any atom is 0.209 e. The van der Waals surface area contributed by atoms with E-state index in [4.69, 9.17) is 23.2 Å². The monoisotopic (exact) mass is 442 g/mol. The first-order valence-corrected chi connectivity index (χ1v) is 10.3. The molecular formula is C24H24Cl2N2O2. The predicted molar refractivity (Wildman–Crippen MR) is 123 cm³/mol.